The van der Waals surface area contributed by atoms with Crippen LogP contribution in [-0.4, -0.2) is 6.54 Å². The van der Waals surface area contributed by atoms with Crippen LogP contribution in [0.1, 0.15) is 47.4 Å². The summed E-state index contributed by atoms with van der Waals surface area (Å²) in [5, 5.41) is 0. The molecule has 2 aromatic carbocycles. The van der Waals surface area contributed by atoms with E-state index in [0.717, 1.165) is 24.9 Å². The summed E-state index contributed by atoms with van der Waals surface area (Å²) in [6, 6.07) is 12.1. The average Bonchev–Trinajstić information content (AvgIpc) is 3.32. The third-order valence-electron chi connectivity index (χ3n) is 7.04. The van der Waals surface area contributed by atoms with Crippen LogP contribution in [0.2, 0.25) is 0 Å². The van der Waals surface area contributed by atoms with Crippen LogP contribution in [0.5, 0.6) is 0 Å². The average molecular weight is 422 g/mol. The van der Waals surface area contributed by atoms with Crippen molar-refractivity contribution in [2.75, 3.05) is 11.4 Å². The fourth-order valence-corrected chi connectivity index (χ4v) is 6.50. The number of allylic oxidation sites excluding steroid dienone is 4. The molecule has 5 atom stereocenters. The topological polar surface area (TPSA) is 3.24 Å². The van der Waals surface area contributed by atoms with Gasteiger partial charge in [0.15, 0.2) is 0 Å². The zero-order valence-corrected chi connectivity index (χ0v) is 16.6. The van der Waals surface area contributed by atoms with Gasteiger partial charge in [-0.2, -0.15) is 0 Å². The Morgan fingerprint density at radius 1 is 0.926 bits per heavy atom. The van der Waals surface area contributed by atoms with Gasteiger partial charge >= 0.3 is 0 Å². The summed E-state index contributed by atoms with van der Waals surface area (Å²) in [6.45, 7) is 1.02. The smallest absolute Gasteiger partial charge is 0.128 e. The lowest BCUT2D eigenvalue weighted by Gasteiger charge is -2.51. The summed E-state index contributed by atoms with van der Waals surface area (Å²) < 4.78 is 16.1. The Morgan fingerprint density at radius 2 is 1.67 bits per heavy atom. The zero-order valence-electron chi connectivity index (χ0n) is 15.0. The second kappa shape index (κ2) is 5.81. The van der Waals surface area contributed by atoms with E-state index in [-0.39, 0.29) is 11.9 Å². The van der Waals surface area contributed by atoms with E-state index < -0.39 is 0 Å². The van der Waals surface area contributed by atoms with Crippen molar-refractivity contribution in [3.05, 3.63) is 87.7 Å². The maximum Gasteiger partial charge on any atom is 0.128 e. The molecule has 0 amide bonds. The molecular formula is C24H21BrFN. The maximum absolute atomic E-state index is 14.9. The van der Waals surface area contributed by atoms with Crippen LogP contribution in [-0.2, 0) is 0 Å². The van der Waals surface area contributed by atoms with Crippen molar-refractivity contribution in [2.24, 2.45) is 11.8 Å². The Morgan fingerprint density at radius 3 is 2.52 bits per heavy atom. The Labute approximate surface area is 167 Å². The number of hydrogen-bond acceptors (Lipinski definition) is 1. The predicted octanol–water partition coefficient (Wildman–Crippen LogP) is 6.48. The van der Waals surface area contributed by atoms with Crippen LogP contribution in [0.4, 0.5) is 10.1 Å². The molecule has 0 spiro atoms. The highest BCUT2D eigenvalue weighted by Crippen LogP contribution is 2.59. The monoisotopic (exact) mass is 421 g/mol. The number of rotatable bonds is 1. The molecule has 0 bridgehead atoms. The largest absolute Gasteiger partial charge is 0.363 e. The minimum atomic E-state index is -0.0677. The van der Waals surface area contributed by atoms with Crippen molar-refractivity contribution in [1.29, 1.82) is 0 Å². The predicted molar refractivity (Wildman–Crippen MR) is 111 cm³/mol. The highest BCUT2D eigenvalue weighted by Gasteiger charge is 2.48. The lowest BCUT2D eigenvalue weighted by Crippen LogP contribution is -2.46. The number of benzene rings is 2. The van der Waals surface area contributed by atoms with E-state index in [9.17, 15) is 4.39 Å². The van der Waals surface area contributed by atoms with Crippen molar-refractivity contribution < 1.29 is 4.39 Å². The molecular weight excluding hydrogens is 401 g/mol. The first-order valence-corrected chi connectivity index (χ1v) is 10.7. The molecule has 3 heteroatoms. The molecule has 0 radical (unpaired) electrons. The SMILES string of the molecule is Fc1ccccc1[C@H]1[C@@H]2CC=C[C@@H]2c2cc(Br)cc3c2N1C[C@H]1CC=C[C@H]31. The van der Waals surface area contributed by atoms with E-state index in [1.54, 1.807) is 12.1 Å². The first-order valence-electron chi connectivity index (χ1n) is 9.90. The molecule has 0 saturated carbocycles. The highest BCUT2D eigenvalue weighted by atomic mass is 79.9. The standard InChI is InChI=1S/C24H21BrFN/c25-15-11-20-16-7-3-5-14(16)13-27-23(19-6-1-2-10-22(19)26)18-9-4-8-17(18)21(12-15)24(20)27/h1-4,6-8,10-12,14,16-18,23H,5,9,13H2/t14-,16+,17+,18-,23-/m1/s1. The van der Waals surface area contributed by atoms with E-state index in [2.05, 4.69) is 57.3 Å². The Hall–Kier alpha value is -1.87. The molecule has 136 valence electrons. The van der Waals surface area contributed by atoms with Crippen LogP contribution in [0.15, 0.2) is 65.2 Å². The maximum atomic E-state index is 14.9. The third kappa shape index (κ3) is 2.21. The summed E-state index contributed by atoms with van der Waals surface area (Å²) in [5.41, 5.74) is 5.07. The molecule has 2 heterocycles. The van der Waals surface area contributed by atoms with Gasteiger partial charge in [-0.3, -0.25) is 0 Å². The number of anilines is 1. The number of halogens is 2. The number of hydrogen-bond donors (Lipinski definition) is 0. The lowest BCUT2D eigenvalue weighted by atomic mass is 9.70. The van der Waals surface area contributed by atoms with Crippen LogP contribution in [0.3, 0.4) is 0 Å². The van der Waals surface area contributed by atoms with Gasteiger partial charge in [-0.25, -0.2) is 4.39 Å². The van der Waals surface area contributed by atoms with Crippen LogP contribution < -0.4 is 4.90 Å². The molecule has 1 nitrogen and oxygen atoms in total. The van der Waals surface area contributed by atoms with Gasteiger partial charge in [0.2, 0.25) is 0 Å². The molecule has 0 unspecified atom stereocenters. The van der Waals surface area contributed by atoms with Crippen molar-refractivity contribution in [1.82, 2.24) is 0 Å². The van der Waals surface area contributed by atoms with Gasteiger partial charge in [0, 0.05) is 34.1 Å². The molecule has 0 saturated heterocycles. The van der Waals surface area contributed by atoms with E-state index in [1.165, 1.54) is 21.3 Å². The molecule has 2 aliphatic heterocycles. The van der Waals surface area contributed by atoms with E-state index in [1.807, 2.05) is 12.1 Å². The van der Waals surface area contributed by atoms with Crippen LogP contribution >= 0.6 is 15.9 Å². The Kier molecular flexibility index (Phi) is 3.47. The lowest BCUT2D eigenvalue weighted by molar-refractivity contribution is 0.328. The molecule has 0 aromatic heterocycles. The Balaban J connectivity index is 1.61. The number of nitrogens with zero attached hydrogens (tertiary/aromatic N) is 1. The quantitative estimate of drug-likeness (QED) is 0.476. The molecule has 2 aromatic rings. The summed E-state index contributed by atoms with van der Waals surface area (Å²) in [6.07, 6.45) is 11.5. The first kappa shape index (κ1) is 16.1. The van der Waals surface area contributed by atoms with Gasteiger partial charge in [-0.15, -0.1) is 0 Å². The summed E-state index contributed by atoms with van der Waals surface area (Å²) >= 11 is 3.77. The molecule has 6 rings (SSSR count). The molecule has 2 aliphatic carbocycles. The van der Waals surface area contributed by atoms with Gasteiger partial charge in [0.25, 0.3) is 0 Å². The molecule has 27 heavy (non-hydrogen) atoms. The second-order valence-corrected chi connectivity index (χ2v) is 9.27. The van der Waals surface area contributed by atoms with Crippen molar-refractivity contribution in [2.45, 2.75) is 30.7 Å². The summed E-state index contributed by atoms with van der Waals surface area (Å²) in [4.78, 5) is 2.55. The zero-order chi connectivity index (χ0) is 18.1. The summed E-state index contributed by atoms with van der Waals surface area (Å²) in [7, 11) is 0. The molecule has 0 N–H and O–H groups in total. The van der Waals surface area contributed by atoms with Gasteiger partial charge in [-0.1, -0.05) is 58.4 Å². The second-order valence-electron chi connectivity index (χ2n) is 8.35. The molecule has 4 aliphatic rings. The highest BCUT2D eigenvalue weighted by molar-refractivity contribution is 9.10. The number of fused-ring (bicyclic) bond motifs is 4. The van der Waals surface area contributed by atoms with Gasteiger partial charge in [0.05, 0.1) is 6.04 Å². The van der Waals surface area contributed by atoms with Crippen LogP contribution in [0.25, 0.3) is 0 Å². The van der Waals surface area contributed by atoms with Gasteiger partial charge < -0.3 is 4.90 Å². The van der Waals surface area contributed by atoms with Gasteiger partial charge in [-0.05, 0) is 54.0 Å². The first-order chi connectivity index (χ1) is 13.2. The van der Waals surface area contributed by atoms with E-state index in [4.69, 9.17) is 0 Å². The normalized spacial score (nSPS) is 32.4. The van der Waals surface area contributed by atoms with Crippen LogP contribution in [0, 0.1) is 17.7 Å². The van der Waals surface area contributed by atoms with Crippen molar-refractivity contribution >= 4 is 21.6 Å². The van der Waals surface area contributed by atoms with E-state index in [0.29, 0.717) is 23.7 Å². The fraction of sp³-hybridized carbons (Fsp3) is 0.333. The fourth-order valence-electron chi connectivity index (χ4n) is 6.00. The van der Waals surface area contributed by atoms with E-state index >= 15 is 0 Å². The van der Waals surface area contributed by atoms with Gasteiger partial charge in [0.1, 0.15) is 5.82 Å². The Bertz CT molecular complexity index is 977. The minimum absolute atomic E-state index is 0.0677. The molecule has 0 fully saturated rings. The van der Waals surface area contributed by atoms with Crippen molar-refractivity contribution in [3.63, 3.8) is 0 Å². The third-order valence-corrected chi connectivity index (χ3v) is 7.50. The summed E-state index contributed by atoms with van der Waals surface area (Å²) in [5.74, 6) is 1.80. The van der Waals surface area contributed by atoms with Crippen molar-refractivity contribution in [3.8, 4) is 0 Å². The minimum Gasteiger partial charge on any atom is -0.363 e.